The van der Waals surface area contributed by atoms with Gasteiger partial charge in [-0.25, -0.2) is 4.98 Å². The third-order valence-corrected chi connectivity index (χ3v) is 4.91. The minimum Gasteiger partial charge on any atom is -0.338 e. The van der Waals surface area contributed by atoms with E-state index in [-0.39, 0.29) is 5.25 Å². The summed E-state index contributed by atoms with van der Waals surface area (Å²) in [5, 5.41) is 14.2. The number of thioether (sulfide) groups is 1. The second-order valence-corrected chi connectivity index (χ2v) is 7.18. The average Bonchev–Trinajstić information content (AvgIpc) is 3.18. The van der Waals surface area contributed by atoms with Crippen LogP contribution in [0.1, 0.15) is 37.2 Å². The maximum Gasteiger partial charge on any atom is 0.239 e. The number of nitrogens with zero attached hydrogens (tertiary/aromatic N) is 6. The first kappa shape index (κ1) is 16.0. The predicted molar refractivity (Wildman–Crippen MR) is 96.4 cm³/mol. The lowest BCUT2D eigenvalue weighted by Crippen LogP contribution is -2.01. The van der Waals surface area contributed by atoms with E-state index in [4.69, 9.17) is 9.51 Å². The predicted octanol–water partition coefficient (Wildman–Crippen LogP) is 3.93. The molecule has 4 aromatic rings. The van der Waals surface area contributed by atoms with E-state index >= 15 is 0 Å². The molecular weight excluding hydrogens is 336 g/mol. The highest BCUT2D eigenvalue weighted by Crippen LogP contribution is 2.33. The molecule has 0 saturated heterocycles. The van der Waals surface area contributed by atoms with Crippen LogP contribution in [-0.4, -0.2) is 29.9 Å². The highest BCUT2D eigenvalue weighted by Gasteiger charge is 2.19. The van der Waals surface area contributed by atoms with E-state index in [1.807, 2.05) is 19.1 Å². The Morgan fingerprint density at radius 2 is 2.04 bits per heavy atom. The van der Waals surface area contributed by atoms with E-state index in [0.717, 1.165) is 35.0 Å². The Kier molecular flexibility index (Phi) is 4.12. The number of rotatable bonds is 5. The minimum absolute atomic E-state index is 0.0375. The Morgan fingerprint density at radius 3 is 2.80 bits per heavy atom. The molecule has 0 aliphatic carbocycles. The molecule has 0 fully saturated rings. The highest BCUT2D eigenvalue weighted by atomic mass is 32.2. The van der Waals surface area contributed by atoms with Crippen molar-refractivity contribution < 1.29 is 4.52 Å². The molecule has 0 aliphatic heterocycles. The van der Waals surface area contributed by atoms with Crippen molar-refractivity contribution in [3.05, 3.63) is 36.0 Å². The molecular formula is C17H18N6OS. The van der Waals surface area contributed by atoms with Gasteiger partial charge in [-0.1, -0.05) is 42.0 Å². The van der Waals surface area contributed by atoms with Crippen molar-refractivity contribution in [2.45, 2.75) is 44.1 Å². The molecule has 0 radical (unpaired) electrons. The van der Waals surface area contributed by atoms with E-state index in [9.17, 15) is 0 Å². The highest BCUT2D eigenvalue weighted by molar-refractivity contribution is 7.99. The van der Waals surface area contributed by atoms with Crippen molar-refractivity contribution in [3.63, 3.8) is 0 Å². The molecule has 0 saturated carbocycles. The number of aromatic nitrogens is 6. The first-order valence-corrected chi connectivity index (χ1v) is 9.14. The fourth-order valence-corrected chi connectivity index (χ4v) is 3.62. The Morgan fingerprint density at radius 1 is 1.20 bits per heavy atom. The van der Waals surface area contributed by atoms with Crippen molar-refractivity contribution in [1.29, 1.82) is 0 Å². The van der Waals surface area contributed by atoms with Gasteiger partial charge in [-0.05, 0) is 26.3 Å². The summed E-state index contributed by atoms with van der Waals surface area (Å²) in [5.41, 5.74) is 2.85. The summed E-state index contributed by atoms with van der Waals surface area (Å²) in [4.78, 5) is 9.04. The second kappa shape index (κ2) is 6.44. The van der Waals surface area contributed by atoms with Gasteiger partial charge in [0.1, 0.15) is 5.52 Å². The second-order valence-electron chi connectivity index (χ2n) is 5.88. The molecule has 8 heteroatoms. The average molecular weight is 354 g/mol. The number of hydrogen-bond donors (Lipinski definition) is 0. The maximum absolute atomic E-state index is 5.23. The van der Waals surface area contributed by atoms with Crippen LogP contribution in [0, 0.1) is 6.92 Å². The van der Waals surface area contributed by atoms with Crippen LogP contribution >= 0.6 is 11.8 Å². The van der Waals surface area contributed by atoms with E-state index in [2.05, 4.69) is 44.0 Å². The van der Waals surface area contributed by atoms with Crippen LogP contribution in [0.4, 0.5) is 0 Å². The number of aryl methyl sites for hydroxylation is 2. The smallest absolute Gasteiger partial charge is 0.239 e. The summed E-state index contributed by atoms with van der Waals surface area (Å²) < 4.78 is 7.45. The maximum atomic E-state index is 5.23. The van der Waals surface area contributed by atoms with Gasteiger partial charge in [0.05, 0.1) is 10.8 Å². The van der Waals surface area contributed by atoms with Crippen LogP contribution in [0.2, 0.25) is 0 Å². The quantitative estimate of drug-likeness (QED) is 0.502. The molecule has 0 amide bonds. The standard InChI is InChI=1S/C17H18N6OS/c1-4-9-23-13-8-6-5-7-12(13)14-15(23)19-17(21-20-14)25-10(2)16-18-11(3)22-24-16/h5-8,10H,4,9H2,1-3H3/t10-/m0/s1. The monoisotopic (exact) mass is 354 g/mol. The van der Waals surface area contributed by atoms with Gasteiger partial charge in [-0.15, -0.1) is 10.2 Å². The topological polar surface area (TPSA) is 82.5 Å². The largest absolute Gasteiger partial charge is 0.338 e. The van der Waals surface area contributed by atoms with Gasteiger partial charge in [0.2, 0.25) is 11.0 Å². The third-order valence-electron chi connectivity index (χ3n) is 3.97. The summed E-state index contributed by atoms with van der Waals surface area (Å²) >= 11 is 1.47. The van der Waals surface area contributed by atoms with Gasteiger partial charge in [0, 0.05) is 11.9 Å². The van der Waals surface area contributed by atoms with Crippen LogP contribution < -0.4 is 0 Å². The molecule has 0 N–H and O–H groups in total. The lowest BCUT2D eigenvalue weighted by Gasteiger charge is -2.06. The van der Waals surface area contributed by atoms with Gasteiger partial charge in [-0.3, -0.25) is 0 Å². The third kappa shape index (κ3) is 2.86. The molecule has 128 valence electrons. The summed E-state index contributed by atoms with van der Waals surface area (Å²) in [5.74, 6) is 1.19. The Hall–Kier alpha value is -2.48. The Balaban J connectivity index is 1.76. The Labute approximate surface area is 148 Å². The molecule has 4 rings (SSSR count). The summed E-state index contributed by atoms with van der Waals surface area (Å²) in [6.07, 6.45) is 1.03. The van der Waals surface area contributed by atoms with Crippen LogP contribution in [0.3, 0.4) is 0 Å². The fourth-order valence-electron chi connectivity index (χ4n) is 2.88. The van der Waals surface area contributed by atoms with Crippen LogP contribution in [-0.2, 0) is 6.54 Å². The summed E-state index contributed by atoms with van der Waals surface area (Å²) in [6.45, 7) is 6.85. The molecule has 25 heavy (non-hydrogen) atoms. The van der Waals surface area contributed by atoms with Gasteiger partial charge < -0.3 is 9.09 Å². The zero-order chi connectivity index (χ0) is 17.4. The zero-order valence-corrected chi connectivity index (χ0v) is 15.1. The SMILES string of the molecule is CCCn1c2ccccc2c2nnc(S[C@@H](C)c3nc(C)no3)nc21. The van der Waals surface area contributed by atoms with Crippen LogP contribution in [0.15, 0.2) is 33.9 Å². The molecule has 7 nitrogen and oxygen atoms in total. The molecule has 0 aliphatic rings. The van der Waals surface area contributed by atoms with Crippen LogP contribution in [0.5, 0.6) is 0 Å². The van der Waals surface area contributed by atoms with Gasteiger partial charge in [-0.2, -0.15) is 4.98 Å². The van der Waals surface area contributed by atoms with E-state index < -0.39 is 0 Å². The number of para-hydroxylation sites is 1. The van der Waals surface area contributed by atoms with Crippen molar-refractivity contribution in [2.24, 2.45) is 0 Å². The van der Waals surface area contributed by atoms with E-state index in [1.165, 1.54) is 11.8 Å². The van der Waals surface area contributed by atoms with Crippen molar-refractivity contribution >= 4 is 33.8 Å². The normalized spacial score (nSPS) is 12.9. The van der Waals surface area contributed by atoms with Crippen molar-refractivity contribution in [3.8, 4) is 0 Å². The Bertz CT molecular complexity index is 1040. The van der Waals surface area contributed by atoms with Gasteiger partial charge in [0.25, 0.3) is 0 Å². The number of fused-ring (bicyclic) bond motifs is 3. The first-order valence-electron chi connectivity index (χ1n) is 8.26. The molecule has 1 atom stereocenters. The first-order chi connectivity index (χ1) is 12.2. The number of benzene rings is 1. The minimum atomic E-state index is -0.0375. The molecule has 0 spiro atoms. The van der Waals surface area contributed by atoms with Gasteiger partial charge >= 0.3 is 0 Å². The van der Waals surface area contributed by atoms with E-state index in [1.54, 1.807) is 6.92 Å². The molecule has 1 aromatic carbocycles. The summed E-state index contributed by atoms with van der Waals surface area (Å²) in [6, 6.07) is 8.22. The number of hydrogen-bond acceptors (Lipinski definition) is 7. The van der Waals surface area contributed by atoms with Crippen LogP contribution in [0.25, 0.3) is 22.1 Å². The summed E-state index contributed by atoms with van der Waals surface area (Å²) in [7, 11) is 0. The lowest BCUT2D eigenvalue weighted by molar-refractivity contribution is 0.376. The molecule has 0 bridgehead atoms. The van der Waals surface area contributed by atoms with Crippen molar-refractivity contribution in [2.75, 3.05) is 0 Å². The zero-order valence-electron chi connectivity index (χ0n) is 14.3. The van der Waals surface area contributed by atoms with Gasteiger partial charge in [0.15, 0.2) is 11.5 Å². The molecule has 3 heterocycles. The van der Waals surface area contributed by atoms with E-state index in [0.29, 0.717) is 16.9 Å². The molecule has 3 aromatic heterocycles. The lowest BCUT2D eigenvalue weighted by atomic mass is 10.2. The van der Waals surface area contributed by atoms with Crippen molar-refractivity contribution in [1.82, 2.24) is 29.9 Å². The fraction of sp³-hybridized carbons (Fsp3) is 0.353. The molecule has 0 unspecified atom stereocenters.